The summed E-state index contributed by atoms with van der Waals surface area (Å²) in [7, 11) is 0. The molecular formula is C60H63N4OPt-3. The molecular weight excluding hydrogens is 988 g/mol. The van der Waals surface area contributed by atoms with E-state index in [1.54, 1.807) is 0 Å². The fourth-order valence-corrected chi connectivity index (χ4v) is 9.02. The summed E-state index contributed by atoms with van der Waals surface area (Å²) in [4.78, 5) is 9.55. The van der Waals surface area contributed by atoms with Crippen molar-refractivity contribution in [3.05, 3.63) is 175 Å². The first kappa shape index (κ1) is 46.9. The van der Waals surface area contributed by atoms with E-state index in [0.29, 0.717) is 11.5 Å². The maximum absolute atomic E-state index is 6.76. The van der Waals surface area contributed by atoms with Crippen molar-refractivity contribution in [2.75, 3.05) is 9.80 Å². The normalized spacial score (nSPS) is 13.3. The SMILES string of the molecule is CCC(C)(CC)c1ccc2c(c1)N(c1[c-]c(Oc3[c-]c4c(cc3)c3cc(C(C)(C)C)ccc3n4-c3cc(C(C)(C)C)ccn3)ccc1)[CH-]N2c1cc(-c2ccccc2)cc(C(C)(C)C)c1.[Pt]. The number of rotatable bonds is 9. The quantitative estimate of drug-likeness (QED) is 0.135. The Balaban J connectivity index is 0.00000592. The number of nitrogens with zero attached hydrogens (tertiary/aromatic N) is 4. The molecule has 1 aliphatic heterocycles. The first-order valence-corrected chi connectivity index (χ1v) is 23.3. The van der Waals surface area contributed by atoms with Crippen molar-refractivity contribution in [3.63, 3.8) is 0 Å². The number of benzene rings is 6. The van der Waals surface area contributed by atoms with Gasteiger partial charge in [0.2, 0.25) is 0 Å². The summed E-state index contributed by atoms with van der Waals surface area (Å²) in [5, 5.41) is 2.28. The average Bonchev–Trinajstić information content (AvgIpc) is 3.83. The van der Waals surface area contributed by atoms with Crippen molar-refractivity contribution in [1.29, 1.82) is 0 Å². The molecule has 6 heteroatoms. The third-order valence-electron chi connectivity index (χ3n) is 13.7. The zero-order valence-corrected chi connectivity index (χ0v) is 43.0. The van der Waals surface area contributed by atoms with Crippen LogP contribution in [0.15, 0.2) is 134 Å². The zero-order chi connectivity index (χ0) is 46.1. The molecule has 0 amide bonds. The minimum atomic E-state index is -0.0497. The third-order valence-corrected chi connectivity index (χ3v) is 13.7. The van der Waals surface area contributed by atoms with Crippen LogP contribution in [0.2, 0.25) is 0 Å². The van der Waals surface area contributed by atoms with E-state index in [2.05, 4.69) is 232 Å². The number of pyridine rings is 1. The van der Waals surface area contributed by atoms with Crippen LogP contribution in [0, 0.1) is 18.8 Å². The number of hydrogen-bond donors (Lipinski definition) is 0. The second-order valence-electron chi connectivity index (χ2n) is 21.3. The smallest absolute Gasteiger partial charge is 0.135 e. The molecule has 0 bridgehead atoms. The molecule has 342 valence electrons. The van der Waals surface area contributed by atoms with Crippen LogP contribution < -0.4 is 14.5 Å². The molecule has 0 unspecified atom stereocenters. The van der Waals surface area contributed by atoms with Gasteiger partial charge >= 0.3 is 0 Å². The second-order valence-corrected chi connectivity index (χ2v) is 21.3. The summed E-state index contributed by atoms with van der Waals surface area (Å²) < 4.78 is 9.00. The molecule has 0 atom stereocenters. The van der Waals surface area contributed by atoms with Crippen LogP contribution in [0.1, 0.15) is 118 Å². The van der Waals surface area contributed by atoms with Gasteiger partial charge in [-0.2, -0.15) is 12.1 Å². The van der Waals surface area contributed by atoms with Crippen LogP contribution >= 0.6 is 0 Å². The number of ether oxygens (including phenoxy) is 1. The monoisotopic (exact) mass is 1050 g/mol. The molecule has 8 aromatic rings. The van der Waals surface area contributed by atoms with Gasteiger partial charge in [0, 0.05) is 61.3 Å². The van der Waals surface area contributed by atoms with Gasteiger partial charge in [-0.3, -0.25) is 0 Å². The van der Waals surface area contributed by atoms with Gasteiger partial charge in [0.1, 0.15) is 5.82 Å². The summed E-state index contributed by atoms with van der Waals surface area (Å²) >= 11 is 0. The van der Waals surface area contributed by atoms with Crippen molar-refractivity contribution >= 4 is 44.6 Å². The maximum Gasteiger partial charge on any atom is 0.135 e. The van der Waals surface area contributed by atoms with E-state index < -0.39 is 0 Å². The second kappa shape index (κ2) is 17.5. The van der Waals surface area contributed by atoms with Crippen molar-refractivity contribution < 1.29 is 25.8 Å². The summed E-state index contributed by atoms with van der Waals surface area (Å²) in [6.45, 7) is 29.6. The molecule has 3 heterocycles. The number of hydrogen-bond acceptors (Lipinski definition) is 4. The average molecular weight is 1050 g/mol. The fourth-order valence-electron chi connectivity index (χ4n) is 9.02. The van der Waals surface area contributed by atoms with Crippen LogP contribution in [0.5, 0.6) is 11.5 Å². The Hall–Kier alpha value is -5.64. The predicted octanol–water partition coefficient (Wildman–Crippen LogP) is 16.6. The fraction of sp³-hybridized carbons (Fsp3) is 0.300. The molecule has 0 saturated heterocycles. The van der Waals surface area contributed by atoms with Gasteiger partial charge < -0.3 is 19.1 Å². The van der Waals surface area contributed by atoms with Crippen molar-refractivity contribution in [3.8, 4) is 28.4 Å². The molecule has 6 aromatic carbocycles. The van der Waals surface area contributed by atoms with Gasteiger partial charge in [-0.1, -0.05) is 143 Å². The molecule has 0 N–H and O–H groups in total. The Morgan fingerprint density at radius 3 is 1.92 bits per heavy atom. The molecule has 66 heavy (non-hydrogen) atoms. The van der Waals surface area contributed by atoms with Crippen molar-refractivity contribution in [1.82, 2.24) is 9.55 Å². The van der Waals surface area contributed by atoms with E-state index in [9.17, 15) is 0 Å². The summed E-state index contributed by atoms with van der Waals surface area (Å²) in [6, 6.07) is 53.6. The Kier molecular flexibility index (Phi) is 12.5. The van der Waals surface area contributed by atoms with E-state index in [0.717, 1.165) is 57.8 Å². The maximum atomic E-state index is 6.76. The van der Waals surface area contributed by atoms with Crippen LogP contribution in [0.4, 0.5) is 22.7 Å². The Labute approximate surface area is 408 Å². The van der Waals surface area contributed by atoms with E-state index in [1.807, 2.05) is 18.3 Å². The Morgan fingerprint density at radius 2 is 1.23 bits per heavy atom. The van der Waals surface area contributed by atoms with E-state index in [-0.39, 0.29) is 42.7 Å². The van der Waals surface area contributed by atoms with Crippen molar-refractivity contribution in [2.45, 2.75) is 118 Å². The molecule has 5 nitrogen and oxygen atoms in total. The van der Waals surface area contributed by atoms with Gasteiger partial charge in [0.15, 0.2) is 0 Å². The van der Waals surface area contributed by atoms with Crippen LogP contribution in [0.25, 0.3) is 38.8 Å². The Bertz CT molecular complexity index is 3050. The van der Waals surface area contributed by atoms with Gasteiger partial charge in [-0.15, -0.1) is 48.1 Å². The standard InChI is InChI=1S/C60H63N4O.Pt/c1-13-60(12,14-2)44-24-28-53-55(35-44)62(39-63(53)47-32-41(40-19-16-15-17-20-40)31-45(33-47)59(9,10)11)46-21-18-22-48(37-46)65-49-25-26-50-51-34-42(57(3,4)5)23-27-52(51)64(54(50)38-49)56-36-43(29-30-61-56)58(6,7)8;/h15-36,39H,13-14H2,1-12H3;/q-3;. The first-order valence-electron chi connectivity index (χ1n) is 23.3. The van der Waals surface area contributed by atoms with E-state index >= 15 is 0 Å². The number of fused-ring (bicyclic) bond motifs is 4. The van der Waals surface area contributed by atoms with Crippen LogP contribution in [0.3, 0.4) is 0 Å². The van der Waals surface area contributed by atoms with Crippen LogP contribution in [-0.4, -0.2) is 9.55 Å². The van der Waals surface area contributed by atoms with Crippen LogP contribution in [-0.2, 0) is 42.7 Å². The van der Waals surface area contributed by atoms with Gasteiger partial charge in [0.25, 0.3) is 0 Å². The summed E-state index contributed by atoms with van der Waals surface area (Å²) in [6.07, 6.45) is 4.02. The molecule has 0 radical (unpaired) electrons. The largest absolute Gasteiger partial charge is 0.509 e. The van der Waals surface area contributed by atoms with Gasteiger partial charge in [0.05, 0.1) is 0 Å². The van der Waals surface area contributed by atoms with E-state index in [4.69, 9.17) is 9.72 Å². The van der Waals surface area contributed by atoms with E-state index in [1.165, 1.54) is 38.8 Å². The summed E-state index contributed by atoms with van der Waals surface area (Å²) in [5.74, 6) is 2.09. The molecule has 0 fully saturated rings. The minimum absolute atomic E-state index is 0. The number of anilines is 4. The topological polar surface area (TPSA) is 33.5 Å². The molecule has 0 aliphatic carbocycles. The van der Waals surface area contributed by atoms with Gasteiger partial charge in [-0.05, 0) is 116 Å². The molecule has 0 saturated carbocycles. The number of aromatic nitrogens is 2. The third kappa shape index (κ3) is 8.84. The molecule has 2 aromatic heterocycles. The van der Waals surface area contributed by atoms with Crippen molar-refractivity contribution in [2.24, 2.45) is 0 Å². The molecule has 1 aliphatic rings. The zero-order valence-electron chi connectivity index (χ0n) is 40.7. The summed E-state index contributed by atoms with van der Waals surface area (Å²) in [5.41, 5.74) is 13.7. The van der Waals surface area contributed by atoms with Gasteiger partial charge in [-0.25, -0.2) is 4.98 Å². The predicted molar refractivity (Wildman–Crippen MR) is 274 cm³/mol. The minimum Gasteiger partial charge on any atom is -0.509 e. The Morgan fingerprint density at radius 1 is 0.545 bits per heavy atom. The first-order chi connectivity index (χ1) is 30.8. The molecule has 0 spiro atoms. The molecule has 9 rings (SSSR count).